The lowest BCUT2D eigenvalue weighted by molar-refractivity contribution is -0.156. The molecular formula is C55H84N4O12. The highest BCUT2D eigenvalue weighted by atomic mass is 16.6. The van der Waals surface area contributed by atoms with Crippen LogP contribution in [0.4, 0.5) is 0 Å². The summed E-state index contributed by atoms with van der Waals surface area (Å²) in [7, 11) is 0. The van der Waals surface area contributed by atoms with Gasteiger partial charge in [0.2, 0.25) is 11.8 Å². The maximum absolute atomic E-state index is 12.8. The SMILES string of the molecule is CC(=O)OCCN(CC(COc1ccc(C(C)(C)c2ccc(OCC(CN(CCOC(C)=O)C3CC(C)(C)N(C(C)=O)C(C)(C)C3)OC(C)=O)cc2)cc1)OC(C)=O)C1CC(C)(C)N(C(C)=O)C(C)(C)C1. The van der Waals surface area contributed by atoms with Gasteiger partial charge in [-0.3, -0.25) is 38.6 Å². The molecule has 0 aliphatic carbocycles. The predicted octanol–water partition coefficient (Wildman–Crippen LogP) is 7.50. The van der Waals surface area contributed by atoms with Gasteiger partial charge in [0.15, 0.2) is 0 Å². The van der Waals surface area contributed by atoms with Crippen LogP contribution < -0.4 is 9.47 Å². The normalized spacial score (nSPS) is 18.6. The number of nitrogens with zero attached hydrogens (tertiary/aromatic N) is 4. The molecule has 4 rings (SSSR count). The number of carbonyl (C=O) groups excluding carboxylic acids is 6. The summed E-state index contributed by atoms with van der Waals surface area (Å²) in [4.78, 5) is 82.1. The molecular weight excluding hydrogens is 909 g/mol. The fourth-order valence-corrected chi connectivity index (χ4v) is 11.9. The average molecular weight is 993 g/mol. The van der Waals surface area contributed by atoms with Gasteiger partial charge >= 0.3 is 23.9 Å². The van der Waals surface area contributed by atoms with Crippen LogP contribution in [0, 0.1) is 0 Å². The van der Waals surface area contributed by atoms with Gasteiger partial charge in [-0.2, -0.15) is 0 Å². The van der Waals surface area contributed by atoms with Gasteiger partial charge in [-0.1, -0.05) is 38.1 Å². The van der Waals surface area contributed by atoms with Crippen molar-refractivity contribution >= 4 is 35.7 Å². The Bertz CT molecular complexity index is 1970. The van der Waals surface area contributed by atoms with Crippen LogP contribution in [-0.2, 0) is 53.1 Å². The molecule has 71 heavy (non-hydrogen) atoms. The van der Waals surface area contributed by atoms with Crippen molar-refractivity contribution in [2.24, 2.45) is 0 Å². The fourth-order valence-electron chi connectivity index (χ4n) is 11.9. The Morgan fingerprint density at radius 2 is 0.817 bits per heavy atom. The van der Waals surface area contributed by atoms with Crippen molar-refractivity contribution in [3.63, 3.8) is 0 Å². The lowest BCUT2D eigenvalue weighted by Crippen LogP contribution is -2.66. The molecule has 0 bridgehead atoms. The summed E-state index contributed by atoms with van der Waals surface area (Å²) < 4.78 is 34.9. The van der Waals surface area contributed by atoms with E-state index in [1.807, 2.05) is 58.3 Å². The first-order valence-corrected chi connectivity index (χ1v) is 25.0. The van der Waals surface area contributed by atoms with Gasteiger partial charge in [-0.05, 0) is 116 Å². The minimum atomic E-state index is -0.633. The first kappa shape index (κ1) is 58.4. The summed E-state index contributed by atoms with van der Waals surface area (Å²) in [6, 6.07) is 15.7. The maximum Gasteiger partial charge on any atom is 0.303 e. The summed E-state index contributed by atoms with van der Waals surface area (Å²) >= 11 is 0. The van der Waals surface area contributed by atoms with Gasteiger partial charge in [0.05, 0.1) is 0 Å². The molecule has 2 unspecified atom stereocenters. The first-order chi connectivity index (χ1) is 32.8. The number of amides is 2. The molecule has 2 aromatic carbocycles. The van der Waals surface area contributed by atoms with Crippen LogP contribution in [0.25, 0.3) is 0 Å². The monoisotopic (exact) mass is 993 g/mol. The third kappa shape index (κ3) is 16.4. The maximum atomic E-state index is 12.8. The van der Waals surface area contributed by atoms with Crippen molar-refractivity contribution < 1.29 is 57.2 Å². The number of ether oxygens (including phenoxy) is 6. The lowest BCUT2D eigenvalue weighted by atomic mass is 9.76. The number of rotatable bonds is 22. The van der Waals surface area contributed by atoms with Gasteiger partial charge in [0.25, 0.3) is 0 Å². The Balaban J connectivity index is 1.44. The number of piperidine rings is 2. The van der Waals surface area contributed by atoms with Gasteiger partial charge in [0.1, 0.15) is 50.1 Å². The number of hydrogen-bond acceptors (Lipinski definition) is 14. The van der Waals surface area contributed by atoms with Crippen molar-refractivity contribution in [2.75, 3.05) is 52.6 Å². The van der Waals surface area contributed by atoms with E-state index in [4.69, 9.17) is 28.4 Å². The number of esters is 4. The molecule has 396 valence electrons. The van der Waals surface area contributed by atoms with E-state index in [-0.39, 0.29) is 62.3 Å². The summed E-state index contributed by atoms with van der Waals surface area (Å²) in [6.45, 7) is 31.5. The number of hydrogen-bond donors (Lipinski definition) is 0. The molecule has 2 saturated heterocycles. The molecule has 16 nitrogen and oxygen atoms in total. The van der Waals surface area contributed by atoms with Gasteiger partial charge in [0, 0.05) is 107 Å². The molecule has 2 amide bonds. The Labute approximate surface area is 423 Å². The summed E-state index contributed by atoms with van der Waals surface area (Å²) in [5.74, 6) is -0.376. The van der Waals surface area contributed by atoms with Crippen molar-refractivity contribution in [3.8, 4) is 11.5 Å². The van der Waals surface area contributed by atoms with Gasteiger partial charge < -0.3 is 38.2 Å². The zero-order valence-electron chi connectivity index (χ0n) is 45.6. The van der Waals surface area contributed by atoms with E-state index in [9.17, 15) is 28.8 Å². The number of carbonyl (C=O) groups is 6. The van der Waals surface area contributed by atoms with Crippen LogP contribution in [-0.4, -0.2) is 154 Å². The van der Waals surface area contributed by atoms with Crippen LogP contribution in [0.3, 0.4) is 0 Å². The third-order valence-electron chi connectivity index (χ3n) is 14.0. The second kappa shape index (κ2) is 24.0. The Morgan fingerprint density at radius 3 is 1.07 bits per heavy atom. The molecule has 16 heteroatoms. The number of benzene rings is 2. The molecule has 2 fully saturated rings. The molecule has 2 aromatic rings. The fraction of sp³-hybridized carbons (Fsp3) is 0.673. The van der Waals surface area contributed by atoms with Crippen molar-refractivity contribution in [3.05, 3.63) is 59.7 Å². The Hall–Kier alpha value is -5.22. The van der Waals surface area contributed by atoms with E-state index < -0.39 is 51.7 Å². The van der Waals surface area contributed by atoms with E-state index in [0.29, 0.717) is 63.4 Å². The molecule has 0 aromatic heterocycles. The van der Waals surface area contributed by atoms with Crippen molar-refractivity contribution in [1.82, 2.24) is 19.6 Å². The van der Waals surface area contributed by atoms with E-state index in [1.165, 1.54) is 27.7 Å². The van der Waals surface area contributed by atoms with Crippen LogP contribution in [0.1, 0.15) is 148 Å². The standard InChI is InChI=1S/C55H84N4O12/c1-37(60)58-51(7,8)29-45(30-52(58,9)10)56(25-27-66-39(3)62)33-49(70-41(5)64)35-68-47-21-17-43(18-22-47)55(15,16)44-19-23-48(24-20-44)69-36-50(71-42(6)65)34-57(26-28-67-40(4)63)46-31-53(11,12)59(38(2)61)54(13,14)32-46/h17-24,45-46,49-50H,25-36H2,1-16H3. The van der Waals surface area contributed by atoms with E-state index in [1.54, 1.807) is 13.8 Å². The quantitative estimate of drug-likeness (QED) is 0.0839. The van der Waals surface area contributed by atoms with Crippen molar-refractivity contribution in [1.29, 1.82) is 0 Å². The highest BCUT2D eigenvalue weighted by Gasteiger charge is 2.50. The lowest BCUT2D eigenvalue weighted by Gasteiger charge is -2.57. The molecule has 2 aliphatic heterocycles. The summed E-state index contributed by atoms with van der Waals surface area (Å²) in [6.07, 6.45) is 1.44. The second-order valence-electron chi connectivity index (χ2n) is 22.5. The minimum absolute atomic E-state index is 0.00115. The largest absolute Gasteiger partial charge is 0.490 e. The van der Waals surface area contributed by atoms with E-state index in [0.717, 1.165) is 11.1 Å². The smallest absolute Gasteiger partial charge is 0.303 e. The highest BCUT2D eigenvalue weighted by Crippen LogP contribution is 2.42. The molecule has 0 N–H and O–H groups in total. The minimum Gasteiger partial charge on any atom is -0.490 e. The van der Waals surface area contributed by atoms with Gasteiger partial charge in [-0.15, -0.1) is 0 Å². The molecule has 0 spiro atoms. The Kier molecular flexibility index (Phi) is 19.7. The van der Waals surface area contributed by atoms with E-state index in [2.05, 4.69) is 79.0 Å². The molecule has 0 radical (unpaired) electrons. The van der Waals surface area contributed by atoms with E-state index >= 15 is 0 Å². The predicted molar refractivity (Wildman–Crippen MR) is 271 cm³/mol. The highest BCUT2D eigenvalue weighted by molar-refractivity contribution is 5.76. The second-order valence-corrected chi connectivity index (χ2v) is 22.5. The van der Waals surface area contributed by atoms with Crippen LogP contribution >= 0.6 is 0 Å². The zero-order chi connectivity index (χ0) is 53.3. The molecule has 2 atom stereocenters. The summed E-state index contributed by atoms with van der Waals surface area (Å²) in [5.41, 5.74) is -0.115. The average Bonchev–Trinajstić information content (AvgIpc) is 3.21. The van der Waals surface area contributed by atoms with Crippen LogP contribution in [0.5, 0.6) is 11.5 Å². The van der Waals surface area contributed by atoms with Crippen LogP contribution in [0.2, 0.25) is 0 Å². The molecule has 2 aliphatic rings. The summed E-state index contributed by atoms with van der Waals surface area (Å²) in [5, 5.41) is 0. The Morgan fingerprint density at radius 1 is 0.521 bits per heavy atom. The molecule has 2 heterocycles. The van der Waals surface area contributed by atoms with Crippen molar-refractivity contribution in [2.45, 2.75) is 188 Å². The van der Waals surface area contributed by atoms with Gasteiger partial charge in [-0.25, -0.2) is 0 Å². The zero-order valence-corrected chi connectivity index (χ0v) is 45.6. The first-order valence-electron chi connectivity index (χ1n) is 25.0. The number of likely N-dealkylation sites (tertiary alicyclic amines) is 2. The third-order valence-corrected chi connectivity index (χ3v) is 14.0. The molecule has 0 saturated carbocycles. The van der Waals surface area contributed by atoms with Crippen LogP contribution in [0.15, 0.2) is 48.5 Å². The topological polar surface area (TPSA) is 171 Å².